The molecule has 1 saturated carbocycles. The first-order valence-corrected chi connectivity index (χ1v) is 6.21. The highest BCUT2D eigenvalue weighted by atomic mass is 16.5. The van der Waals surface area contributed by atoms with Crippen LogP contribution in [0.5, 0.6) is 5.75 Å². The maximum Gasteiger partial charge on any atom is 0.257 e. The second kappa shape index (κ2) is 5.71. The number of carbonyl (C=O) groups excluding carboxylic acids is 1. The fraction of sp³-hybridized carbons (Fsp3) is 0.500. The molecule has 1 amide bonds. The Labute approximate surface area is 102 Å². The number of benzene rings is 1. The number of hydrogen-bond acceptors (Lipinski definition) is 2. The summed E-state index contributed by atoms with van der Waals surface area (Å²) in [6.45, 7) is 2.88. The summed E-state index contributed by atoms with van der Waals surface area (Å²) in [7, 11) is 0. The van der Waals surface area contributed by atoms with Crippen molar-refractivity contribution in [2.45, 2.75) is 26.2 Å². The Morgan fingerprint density at radius 2 is 2.18 bits per heavy atom. The molecule has 1 N–H and O–H groups in total. The maximum atomic E-state index is 11.5. The zero-order valence-corrected chi connectivity index (χ0v) is 10.2. The Kier molecular flexibility index (Phi) is 4.02. The Hall–Kier alpha value is -1.51. The second-order valence-corrected chi connectivity index (χ2v) is 4.66. The van der Waals surface area contributed by atoms with Crippen molar-refractivity contribution in [3.8, 4) is 5.75 Å². The molecule has 92 valence electrons. The molecule has 0 aliphatic heterocycles. The van der Waals surface area contributed by atoms with E-state index in [4.69, 9.17) is 4.74 Å². The van der Waals surface area contributed by atoms with Crippen molar-refractivity contribution >= 4 is 5.91 Å². The molecule has 2 rings (SSSR count). The number of carbonyl (C=O) groups is 1. The molecule has 3 nitrogen and oxygen atoms in total. The molecule has 3 heteroatoms. The Morgan fingerprint density at radius 1 is 1.41 bits per heavy atom. The predicted octanol–water partition coefficient (Wildman–Crippen LogP) is 2.29. The van der Waals surface area contributed by atoms with E-state index in [1.165, 1.54) is 19.3 Å². The molecular formula is C14H19NO2. The highest BCUT2D eigenvalue weighted by molar-refractivity contribution is 5.77. The number of ether oxygens (including phenoxy) is 1. The lowest BCUT2D eigenvalue weighted by atomic mass is 9.85. The molecule has 0 bridgehead atoms. The van der Waals surface area contributed by atoms with Crippen molar-refractivity contribution < 1.29 is 9.53 Å². The largest absolute Gasteiger partial charge is 0.484 e. The molecule has 17 heavy (non-hydrogen) atoms. The maximum absolute atomic E-state index is 11.5. The highest BCUT2D eigenvalue weighted by Crippen LogP contribution is 2.25. The fourth-order valence-corrected chi connectivity index (χ4v) is 1.87. The molecule has 0 unspecified atom stereocenters. The van der Waals surface area contributed by atoms with Crippen molar-refractivity contribution in [3.63, 3.8) is 0 Å². The summed E-state index contributed by atoms with van der Waals surface area (Å²) < 4.78 is 5.47. The monoisotopic (exact) mass is 233 g/mol. The van der Waals surface area contributed by atoms with E-state index in [0.717, 1.165) is 17.9 Å². The van der Waals surface area contributed by atoms with E-state index in [9.17, 15) is 4.79 Å². The molecule has 0 aromatic heterocycles. The first kappa shape index (κ1) is 12.0. The van der Waals surface area contributed by atoms with E-state index in [0.29, 0.717) is 5.92 Å². The van der Waals surface area contributed by atoms with Gasteiger partial charge in [0.1, 0.15) is 5.75 Å². The minimum absolute atomic E-state index is 0.0276. The minimum Gasteiger partial charge on any atom is -0.484 e. The SMILES string of the molecule is Cc1ccccc1OCC(=O)NCC1CCC1. The van der Waals surface area contributed by atoms with Crippen LogP contribution < -0.4 is 10.1 Å². The van der Waals surface area contributed by atoms with Crippen molar-refractivity contribution in [1.82, 2.24) is 5.32 Å². The van der Waals surface area contributed by atoms with Gasteiger partial charge in [0, 0.05) is 6.54 Å². The molecule has 0 saturated heterocycles. The quantitative estimate of drug-likeness (QED) is 0.847. The van der Waals surface area contributed by atoms with Gasteiger partial charge < -0.3 is 10.1 Å². The molecule has 0 atom stereocenters. The number of para-hydroxylation sites is 1. The fourth-order valence-electron chi connectivity index (χ4n) is 1.87. The molecule has 0 spiro atoms. The van der Waals surface area contributed by atoms with E-state index < -0.39 is 0 Å². The third kappa shape index (κ3) is 3.48. The third-order valence-electron chi connectivity index (χ3n) is 3.27. The van der Waals surface area contributed by atoms with E-state index >= 15 is 0 Å². The molecule has 0 heterocycles. The summed E-state index contributed by atoms with van der Waals surface area (Å²) in [5.41, 5.74) is 1.05. The van der Waals surface area contributed by atoms with Gasteiger partial charge in [-0.1, -0.05) is 24.6 Å². The van der Waals surface area contributed by atoms with Crippen molar-refractivity contribution in [2.24, 2.45) is 5.92 Å². The highest BCUT2D eigenvalue weighted by Gasteiger charge is 2.17. The lowest BCUT2D eigenvalue weighted by Crippen LogP contribution is -2.35. The summed E-state index contributed by atoms with van der Waals surface area (Å²) in [5.74, 6) is 1.45. The molecule has 1 aromatic carbocycles. The third-order valence-corrected chi connectivity index (χ3v) is 3.27. The molecule has 0 radical (unpaired) electrons. The van der Waals surface area contributed by atoms with Crippen LogP contribution in [0.2, 0.25) is 0 Å². The average molecular weight is 233 g/mol. The molecule has 1 aliphatic rings. The lowest BCUT2D eigenvalue weighted by molar-refractivity contribution is -0.123. The second-order valence-electron chi connectivity index (χ2n) is 4.66. The summed E-state index contributed by atoms with van der Waals surface area (Å²) in [5, 5.41) is 2.91. The van der Waals surface area contributed by atoms with Crippen molar-refractivity contribution in [3.05, 3.63) is 29.8 Å². The zero-order valence-electron chi connectivity index (χ0n) is 10.2. The Balaban J connectivity index is 1.70. The van der Waals surface area contributed by atoms with Crippen molar-refractivity contribution in [1.29, 1.82) is 0 Å². The minimum atomic E-state index is -0.0276. The summed E-state index contributed by atoms with van der Waals surface area (Å²) in [4.78, 5) is 11.5. The Morgan fingerprint density at radius 3 is 2.82 bits per heavy atom. The van der Waals surface area contributed by atoms with Crippen LogP contribution in [0.15, 0.2) is 24.3 Å². The van der Waals surface area contributed by atoms with Gasteiger partial charge in [-0.15, -0.1) is 0 Å². The van der Waals surface area contributed by atoms with E-state index in [1.807, 2.05) is 31.2 Å². The van der Waals surface area contributed by atoms with Crippen LogP contribution in [-0.4, -0.2) is 19.1 Å². The smallest absolute Gasteiger partial charge is 0.257 e. The van der Waals surface area contributed by atoms with Gasteiger partial charge in [-0.2, -0.15) is 0 Å². The summed E-state index contributed by atoms with van der Waals surface area (Å²) in [6.07, 6.45) is 3.80. The summed E-state index contributed by atoms with van der Waals surface area (Å²) in [6, 6.07) is 7.73. The van der Waals surface area contributed by atoms with Gasteiger partial charge in [0.05, 0.1) is 0 Å². The molecule has 1 aromatic rings. The van der Waals surface area contributed by atoms with Gasteiger partial charge in [0.15, 0.2) is 6.61 Å². The summed E-state index contributed by atoms with van der Waals surface area (Å²) >= 11 is 0. The molecule has 1 fully saturated rings. The van der Waals surface area contributed by atoms with Gasteiger partial charge in [0.2, 0.25) is 0 Å². The van der Waals surface area contributed by atoms with Gasteiger partial charge in [-0.05, 0) is 37.3 Å². The van der Waals surface area contributed by atoms with E-state index in [2.05, 4.69) is 5.32 Å². The van der Waals surface area contributed by atoms with Crippen molar-refractivity contribution in [2.75, 3.05) is 13.2 Å². The number of hydrogen-bond donors (Lipinski definition) is 1. The zero-order chi connectivity index (χ0) is 12.1. The van der Waals surface area contributed by atoms with Gasteiger partial charge >= 0.3 is 0 Å². The normalized spacial score (nSPS) is 15.1. The van der Waals surface area contributed by atoms with Crippen LogP contribution in [-0.2, 0) is 4.79 Å². The van der Waals surface area contributed by atoms with Gasteiger partial charge in [-0.25, -0.2) is 0 Å². The first-order valence-electron chi connectivity index (χ1n) is 6.21. The van der Waals surface area contributed by atoms with Crippen LogP contribution in [0.25, 0.3) is 0 Å². The number of rotatable bonds is 5. The number of nitrogens with one attached hydrogen (secondary N) is 1. The van der Waals surface area contributed by atoms with Crippen LogP contribution in [0.1, 0.15) is 24.8 Å². The standard InChI is InChI=1S/C14H19NO2/c1-11-5-2-3-8-13(11)17-10-14(16)15-9-12-6-4-7-12/h2-3,5,8,12H,4,6-7,9-10H2,1H3,(H,15,16). The lowest BCUT2D eigenvalue weighted by Gasteiger charge is -2.25. The molecular weight excluding hydrogens is 214 g/mol. The van der Waals surface area contributed by atoms with E-state index in [-0.39, 0.29) is 12.5 Å². The Bertz CT molecular complexity index is 386. The number of amides is 1. The average Bonchev–Trinajstić information content (AvgIpc) is 2.26. The number of aryl methyl sites for hydroxylation is 1. The van der Waals surface area contributed by atoms with Crippen LogP contribution in [0.3, 0.4) is 0 Å². The molecule has 1 aliphatic carbocycles. The first-order chi connectivity index (χ1) is 8.25. The van der Waals surface area contributed by atoms with Gasteiger partial charge in [0.25, 0.3) is 5.91 Å². The van der Waals surface area contributed by atoms with Crippen LogP contribution >= 0.6 is 0 Å². The van der Waals surface area contributed by atoms with Crippen LogP contribution in [0.4, 0.5) is 0 Å². The van der Waals surface area contributed by atoms with Gasteiger partial charge in [-0.3, -0.25) is 4.79 Å². The van der Waals surface area contributed by atoms with Crippen LogP contribution in [0, 0.1) is 12.8 Å². The predicted molar refractivity (Wildman–Crippen MR) is 67.0 cm³/mol. The van der Waals surface area contributed by atoms with E-state index in [1.54, 1.807) is 0 Å². The topological polar surface area (TPSA) is 38.3 Å².